The average molecular weight is 298 g/mol. The molecular weight excluding hydrogens is 272 g/mol. The summed E-state index contributed by atoms with van der Waals surface area (Å²) in [6.07, 6.45) is 4.51. The molecule has 1 aromatic rings. The molecule has 0 saturated heterocycles. The normalized spacial score (nSPS) is 13.8. The molecular formula is C14H26N4OS. The number of hydrogen-bond acceptors (Lipinski definition) is 5. The van der Waals surface area contributed by atoms with Gasteiger partial charge >= 0.3 is 0 Å². The van der Waals surface area contributed by atoms with Gasteiger partial charge in [-0.1, -0.05) is 13.8 Å². The van der Waals surface area contributed by atoms with Crippen LogP contribution in [0.3, 0.4) is 0 Å². The third kappa shape index (κ3) is 4.74. The number of aryl methyl sites for hydroxylation is 1. The Labute approximate surface area is 124 Å². The summed E-state index contributed by atoms with van der Waals surface area (Å²) in [5.74, 6) is 2.61. The SMILES string of the molecule is CCCc1nc(NC)c(C)c(NCCC(C)S(C)=O)n1. The van der Waals surface area contributed by atoms with Crippen LogP contribution in [-0.4, -0.2) is 39.3 Å². The van der Waals surface area contributed by atoms with Gasteiger partial charge in [-0.05, 0) is 19.8 Å². The summed E-state index contributed by atoms with van der Waals surface area (Å²) in [5.41, 5.74) is 1.03. The monoisotopic (exact) mass is 298 g/mol. The predicted octanol–water partition coefficient (Wildman–Crippen LogP) is 2.35. The van der Waals surface area contributed by atoms with Crippen molar-refractivity contribution < 1.29 is 4.21 Å². The van der Waals surface area contributed by atoms with Crippen molar-refractivity contribution >= 4 is 22.4 Å². The lowest BCUT2D eigenvalue weighted by molar-refractivity contribution is 0.672. The zero-order valence-corrected chi connectivity index (χ0v) is 13.9. The molecule has 1 rings (SSSR count). The first-order valence-electron chi connectivity index (χ1n) is 7.10. The van der Waals surface area contributed by atoms with E-state index in [-0.39, 0.29) is 5.25 Å². The highest BCUT2D eigenvalue weighted by atomic mass is 32.2. The Balaban J connectivity index is 2.77. The fraction of sp³-hybridized carbons (Fsp3) is 0.714. The highest BCUT2D eigenvalue weighted by Gasteiger charge is 2.11. The van der Waals surface area contributed by atoms with Gasteiger partial charge in [-0.25, -0.2) is 9.97 Å². The second-order valence-electron chi connectivity index (χ2n) is 4.99. The maximum atomic E-state index is 11.3. The molecule has 2 N–H and O–H groups in total. The molecule has 0 spiro atoms. The molecule has 2 atom stereocenters. The van der Waals surface area contributed by atoms with E-state index in [9.17, 15) is 4.21 Å². The van der Waals surface area contributed by atoms with Crippen LogP contribution in [0.5, 0.6) is 0 Å². The lowest BCUT2D eigenvalue weighted by Gasteiger charge is -2.14. The summed E-state index contributed by atoms with van der Waals surface area (Å²) in [5, 5.41) is 6.66. The van der Waals surface area contributed by atoms with E-state index in [1.165, 1.54) is 0 Å². The van der Waals surface area contributed by atoms with E-state index in [1.807, 2.05) is 20.9 Å². The lowest BCUT2D eigenvalue weighted by Crippen LogP contribution is -2.16. The molecule has 6 heteroatoms. The van der Waals surface area contributed by atoms with E-state index in [1.54, 1.807) is 6.26 Å². The largest absolute Gasteiger partial charge is 0.373 e. The van der Waals surface area contributed by atoms with Crippen molar-refractivity contribution in [3.05, 3.63) is 11.4 Å². The highest BCUT2D eigenvalue weighted by Crippen LogP contribution is 2.20. The maximum Gasteiger partial charge on any atom is 0.134 e. The Morgan fingerprint density at radius 2 is 1.95 bits per heavy atom. The number of nitrogens with zero attached hydrogens (tertiary/aromatic N) is 2. The van der Waals surface area contributed by atoms with Crippen molar-refractivity contribution in [2.24, 2.45) is 0 Å². The topological polar surface area (TPSA) is 66.9 Å². The third-order valence-corrected chi connectivity index (χ3v) is 4.68. The third-order valence-electron chi connectivity index (χ3n) is 3.31. The molecule has 0 aromatic carbocycles. The fourth-order valence-electron chi connectivity index (χ4n) is 1.87. The Morgan fingerprint density at radius 1 is 1.30 bits per heavy atom. The summed E-state index contributed by atoms with van der Waals surface area (Å²) < 4.78 is 11.3. The number of anilines is 2. The van der Waals surface area contributed by atoms with Gasteiger partial charge in [-0.15, -0.1) is 0 Å². The van der Waals surface area contributed by atoms with Crippen molar-refractivity contribution in [3.8, 4) is 0 Å². The van der Waals surface area contributed by atoms with Crippen molar-refractivity contribution in [3.63, 3.8) is 0 Å². The highest BCUT2D eigenvalue weighted by molar-refractivity contribution is 7.84. The molecule has 5 nitrogen and oxygen atoms in total. The lowest BCUT2D eigenvalue weighted by atomic mass is 10.2. The van der Waals surface area contributed by atoms with Crippen LogP contribution < -0.4 is 10.6 Å². The van der Waals surface area contributed by atoms with Crippen LogP contribution in [-0.2, 0) is 17.2 Å². The summed E-state index contributed by atoms with van der Waals surface area (Å²) in [7, 11) is 1.10. The number of hydrogen-bond donors (Lipinski definition) is 2. The molecule has 0 aliphatic rings. The minimum absolute atomic E-state index is 0.198. The minimum Gasteiger partial charge on any atom is -0.373 e. The zero-order chi connectivity index (χ0) is 15.1. The maximum absolute atomic E-state index is 11.3. The van der Waals surface area contributed by atoms with Crippen molar-refractivity contribution in [1.29, 1.82) is 0 Å². The Hall–Kier alpha value is -1.17. The van der Waals surface area contributed by atoms with E-state index in [0.717, 1.165) is 48.8 Å². The van der Waals surface area contributed by atoms with Crippen molar-refractivity contribution in [2.45, 2.75) is 45.3 Å². The molecule has 0 amide bonds. The molecule has 0 radical (unpaired) electrons. The molecule has 0 fully saturated rings. The molecule has 1 heterocycles. The summed E-state index contributed by atoms with van der Waals surface area (Å²) in [4.78, 5) is 9.08. The summed E-state index contributed by atoms with van der Waals surface area (Å²) in [6.45, 7) is 6.90. The molecule has 20 heavy (non-hydrogen) atoms. The predicted molar refractivity (Wildman–Crippen MR) is 86.9 cm³/mol. The van der Waals surface area contributed by atoms with Gasteiger partial charge in [0, 0.05) is 47.9 Å². The summed E-state index contributed by atoms with van der Waals surface area (Å²) >= 11 is 0. The quantitative estimate of drug-likeness (QED) is 0.771. The van der Waals surface area contributed by atoms with Crippen LogP contribution in [0.4, 0.5) is 11.6 Å². The second-order valence-corrected chi connectivity index (χ2v) is 6.79. The van der Waals surface area contributed by atoms with Crippen LogP contribution in [0.25, 0.3) is 0 Å². The number of rotatable bonds is 8. The molecule has 0 aliphatic carbocycles. The number of nitrogens with one attached hydrogen (secondary N) is 2. The first kappa shape index (κ1) is 16.9. The van der Waals surface area contributed by atoms with Crippen molar-refractivity contribution in [2.75, 3.05) is 30.5 Å². The van der Waals surface area contributed by atoms with E-state index in [4.69, 9.17) is 0 Å². The Morgan fingerprint density at radius 3 is 2.50 bits per heavy atom. The van der Waals surface area contributed by atoms with E-state index in [0.29, 0.717) is 0 Å². The number of aromatic nitrogens is 2. The minimum atomic E-state index is -0.772. The Kier molecular flexibility index (Phi) is 6.91. The van der Waals surface area contributed by atoms with Gasteiger partial charge in [0.15, 0.2) is 0 Å². The van der Waals surface area contributed by atoms with Gasteiger partial charge in [0.1, 0.15) is 17.5 Å². The first-order valence-corrected chi connectivity index (χ1v) is 8.73. The summed E-state index contributed by atoms with van der Waals surface area (Å²) in [6, 6.07) is 0. The molecule has 2 unspecified atom stereocenters. The molecule has 1 aromatic heterocycles. The van der Waals surface area contributed by atoms with E-state index >= 15 is 0 Å². The average Bonchev–Trinajstić information content (AvgIpc) is 2.41. The zero-order valence-electron chi connectivity index (χ0n) is 13.1. The van der Waals surface area contributed by atoms with Crippen LogP contribution in [0, 0.1) is 6.92 Å². The molecule has 114 valence electrons. The molecule has 0 saturated carbocycles. The van der Waals surface area contributed by atoms with Crippen LogP contribution in [0.15, 0.2) is 0 Å². The first-order chi connectivity index (χ1) is 9.49. The standard InChI is InChI=1S/C14H26N4OS/c1-6-7-12-17-13(15-4)11(3)14(18-12)16-9-8-10(2)20(5)19/h10H,6-9H2,1-5H3,(H2,15,16,17,18). The van der Waals surface area contributed by atoms with Crippen molar-refractivity contribution in [1.82, 2.24) is 9.97 Å². The van der Waals surface area contributed by atoms with Gasteiger partial charge in [-0.2, -0.15) is 0 Å². The van der Waals surface area contributed by atoms with Gasteiger partial charge in [0.25, 0.3) is 0 Å². The molecule has 0 aliphatic heterocycles. The Bertz CT molecular complexity index is 465. The van der Waals surface area contributed by atoms with E-state index < -0.39 is 10.8 Å². The van der Waals surface area contributed by atoms with Gasteiger partial charge in [-0.3, -0.25) is 4.21 Å². The van der Waals surface area contributed by atoms with Gasteiger partial charge in [0.2, 0.25) is 0 Å². The van der Waals surface area contributed by atoms with E-state index in [2.05, 4.69) is 27.5 Å². The second kappa shape index (κ2) is 8.19. The van der Waals surface area contributed by atoms with Crippen LogP contribution >= 0.6 is 0 Å². The molecule has 0 bridgehead atoms. The fourth-order valence-corrected chi connectivity index (χ4v) is 2.32. The van der Waals surface area contributed by atoms with Crippen LogP contribution in [0.2, 0.25) is 0 Å². The smallest absolute Gasteiger partial charge is 0.134 e. The van der Waals surface area contributed by atoms with Gasteiger partial charge in [0.05, 0.1) is 0 Å². The van der Waals surface area contributed by atoms with Crippen LogP contribution in [0.1, 0.15) is 38.1 Å². The van der Waals surface area contributed by atoms with Gasteiger partial charge < -0.3 is 10.6 Å².